The lowest BCUT2D eigenvalue weighted by Crippen LogP contribution is -2.33. The molecule has 1 aromatic rings. The van der Waals surface area contributed by atoms with Gasteiger partial charge in [-0.25, -0.2) is 0 Å². The summed E-state index contributed by atoms with van der Waals surface area (Å²) in [6, 6.07) is 5.77. The maximum atomic E-state index is 6.56. The van der Waals surface area contributed by atoms with Gasteiger partial charge in [0.25, 0.3) is 0 Å². The van der Waals surface area contributed by atoms with Crippen LogP contribution in [0.15, 0.2) is 18.2 Å². The van der Waals surface area contributed by atoms with Crippen molar-refractivity contribution in [3.05, 3.63) is 33.8 Å². The molecule has 0 radical (unpaired) electrons. The molecule has 0 saturated heterocycles. The van der Waals surface area contributed by atoms with Gasteiger partial charge >= 0.3 is 0 Å². The summed E-state index contributed by atoms with van der Waals surface area (Å²) in [4.78, 5) is 0. The fourth-order valence-corrected chi connectivity index (χ4v) is 4.00. The molecule has 1 aliphatic carbocycles. The van der Waals surface area contributed by atoms with Crippen LogP contribution in [0.3, 0.4) is 0 Å². The number of benzene rings is 1. The van der Waals surface area contributed by atoms with Crippen LogP contribution in [0.5, 0.6) is 0 Å². The molecule has 1 saturated carbocycles. The highest BCUT2D eigenvalue weighted by molar-refractivity contribution is 6.35. The molecule has 0 N–H and O–H groups in total. The van der Waals surface area contributed by atoms with Gasteiger partial charge in [0.15, 0.2) is 0 Å². The van der Waals surface area contributed by atoms with Crippen molar-refractivity contribution in [2.45, 2.75) is 51.8 Å². The van der Waals surface area contributed by atoms with Gasteiger partial charge in [0.1, 0.15) is 0 Å². The molecule has 3 atom stereocenters. The molecule has 0 spiro atoms. The lowest BCUT2D eigenvalue weighted by Gasteiger charge is -2.40. The molecule has 2 rings (SSSR count). The molecule has 0 bridgehead atoms. The number of rotatable bonds is 2. The third kappa shape index (κ3) is 4.06. The molecule has 1 aliphatic rings. The van der Waals surface area contributed by atoms with E-state index in [0.29, 0.717) is 16.4 Å². The fraction of sp³-hybridized carbons (Fsp3) is 0.647. The zero-order valence-electron chi connectivity index (χ0n) is 12.4. The molecule has 0 heterocycles. The number of hydrogen-bond acceptors (Lipinski definition) is 0. The van der Waals surface area contributed by atoms with Crippen LogP contribution in [-0.4, -0.2) is 5.38 Å². The largest absolute Gasteiger partial charge is 0.123 e. The lowest BCUT2D eigenvalue weighted by molar-refractivity contribution is 0.144. The third-order valence-corrected chi connectivity index (χ3v) is 5.77. The van der Waals surface area contributed by atoms with E-state index in [0.717, 1.165) is 23.8 Å². The minimum absolute atomic E-state index is 0.264. The summed E-state index contributed by atoms with van der Waals surface area (Å²) in [6.07, 6.45) is 4.50. The van der Waals surface area contributed by atoms with Crippen LogP contribution in [0.1, 0.15) is 45.6 Å². The van der Waals surface area contributed by atoms with E-state index in [4.69, 9.17) is 34.8 Å². The van der Waals surface area contributed by atoms with Gasteiger partial charge in [0, 0.05) is 15.4 Å². The summed E-state index contributed by atoms with van der Waals surface area (Å²) in [5.41, 5.74) is 1.53. The summed E-state index contributed by atoms with van der Waals surface area (Å²) < 4.78 is 0. The Bertz CT molecular complexity index is 462. The molecule has 0 aliphatic heterocycles. The standard InChI is InChI=1S/C17H23Cl3/c1-17(2,3)13-5-7-15(19)12(9-13)8-11-4-6-14(18)10-16(11)20/h4,6,10,12-13,15H,5,7-9H2,1-3H3. The predicted octanol–water partition coefficient (Wildman–Crippen LogP) is 6.61. The summed E-state index contributed by atoms with van der Waals surface area (Å²) in [6.45, 7) is 7.00. The van der Waals surface area contributed by atoms with E-state index >= 15 is 0 Å². The Hall–Kier alpha value is 0.0900. The van der Waals surface area contributed by atoms with E-state index in [1.54, 1.807) is 0 Å². The summed E-state index contributed by atoms with van der Waals surface area (Å²) >= 11 is 18.8. The third-order valence-electron chi connectivity index (χ3n) is 4.61. The lowest BCUT2D eigenvalue weighted by atomic mass is 9.68. The van der Waals surface area contributed by atoms with Gasteiger partial charge in [-0.05, 0) is 60.6 Å². The van der Waals surface area contributed by atoms with Crippen molar-refractivity contribution in [2.75, 3.05) is 0 Å². The van der Waals surface area contributed by atoms with E-state index < -0.39 is 0 Å². The molecular formula is C17H23Cl3. The molecule has 1 aromatic carbocycles. The average molecular weight is 334 g/mol. The van der Waals surface area contributed by atoms with Crippen LogP contribution in [0.2, 0.25) is 10.0 Å². The van der Waals surface area contributed by atoms with E-state index in [2.05, 4.69) is 20.8 Å². The predicted molar refractivity (Wildman–Crippen MR) is 90.1 cm³/mol. The first-order valence-electron chi connectivity index (χ1n) is 7.35. The van der Waals surface area contributed by atoms with Crippen molar-refractivity contribution in [1.82, 2.24) is 0 Å². The van der Waals surface area contributed by atoms with Crippen LogP contribution >= 0.6 is 34.8 Å². The van der Waals surface area contributed by atoms with E-state index in [1.807, 2.05) is 18.2 Å². The molecule has 0 aromatic heterocycles. The first kappa shape index (κ1) is 16.5. The molecule has 3 heteroatoms. The molecular weight excluding hydrogens is 311 g/mol. The maximum absolute atomic E-state index is 6.56. The zero-order valence-corrected chi connectivity index (χ0v) is 14.7. The zero-order chi connectivity index (χ0) is 14.9. The van der Waals surface area contributed by atoms with Gasteiger partial charge < -0.3 is 0 Å². The highest BCUT2D eigenvalue weighted by atomic mass is 35.5. The summed E-state index contributed by atoms with van der Waals surface area (Å²) in [7, 11) is 0. The van der Waals surface area contributed by atoms with Gasteiger partial charge in [0.05, 0.1) is 0 Å². The van der Waals surface area contributed by atoms with E-state index in [1.165, 1.54) is 18.4 Å². The molecule has 0 amide bonds. The first-order valence-corrected chi connectivity index (χ1v) is 8.54. The smallest absolute Gasteiger partial charge is 0.0452 e. The molecule has 3 unspecified atom stereocenters. The van der Waals surface area contributed by atoms with Crippen molar-refractivity contribution in [3.63, 3.8) is 0 Å². The van der Waals surface area contributed by atoms with Crippen molar-refractivity contribution in [3.8, 4) is 0 Å². The number of halogens is 3. The van der Waals surface area contributed by atoms with Crippen LogP contribution in [0, 0.1) is 17.3 Å². The highest BCUT2D eigenvalue weighted by Crippen LogP contribution is 2.43. The minimum Gasteiger partial charge on any atom is -0.123 e. The molecule has 0 nitrogen and oxygen atoms in total. The van der Waals surface area contributed by atoms with Crippen LogP contribution in [0.25, 0.3) is 0 Å². The van der Waals surface area contributed by atoms with Crippen LogP contribution < -0.4 is 0 Å². The van der Waals surface area contributed by atoms with Gasteiger partial charge in [-0.3, -0.25) is 0 Å². The normalized spacial score (nSPS) is 27.6. The Morgan fingerprint density at radius 3 is 2.45 bits per heavy atom. The summed E-state index contributed by atoms with van der Waals surface area (Å²) in [5, 5.41) is 1.72. The second kappa shape index (κ2) is 6.46. The van der Waals surface area contributed by atoms with Crippen molar-refractivity contribution in [1.29, 1.82) is 0 Å². The Kier molecular flexibility index (Phi) is 5.32. The SMILES string of the molecule is CC(C)(C)C1CCC(Cl)C(Cc2ccc(Cl)cc2Cl)C1. The Labute approximate surface area is 137 Å². The van der Waals surface area contributed by atoms with E-state index in [-0.39, 0.29) is 5.38 Å². The van der Waals surface area contributed by atoms with Gasteiger partial charge in [-0.2, -0.15) is 0 Å². The van der Waals surface area contributed by atoms with Gasteiger partial charge in [-0.15, -0.1) is 11.6 Å². The topological polar surface area (TPSA) is 0 Å². The summed E-state index contributed by atoms with van der Waals surface area (Å²) in [5.74, 6) is 1.25. The van der Waals surface area contributed by atoms with Crippen LogP contribution in [-0.2, 0) is 6.42 Å². The Balaban J connectivity index is 2.10. The monoisotopic (exact) mass is 332 g/mol. The van der Waals surface area contributed by atoms with Crippen molar-refractivity contribution in [2.24, 2.45) is 17.3 Å². The van der Waals surface area contributed by atoms with Crippen molar-refractivity contribution >= 4 is 34.8 Å². The number of alkyl halides is 1. The Morgan fingerprint density at radius 1 is 1.15 bits per heavy atom. The molecule has 112 valence electrons. The first-order chi connectivity index (χ1) is 9.27. The van der Waals surface area contributed by atoms with Crippen LogP contribution in [0.4, 0.5) is 0 Å². The Morgan fingerprint density at radius 2 is 1.85 bits per heavy atom. The quantitative estimate of drug-likeness (QED) is 0.534. The van der Waals surface area contributed by atoms with E-state index in [9.17, 15) is 0 Å². The number of hydrogen-bond donors (Lipinski definition) is 0. The second-order valence-corrected chi connectivity index (χ2v) is 8.50. The highest BCUT2D eigenvalue weighted by Gasteiger charge is 2.35. The minimum atomic E-state index is 0.264. The fourth-order valence-electron chi connectivity index (χ4n) is 3.19. The average Bonchev–Trinajstić information content (AvgIpc) is 2.33. The molecule has 1 fully saturated rings. The maximum Gasteiger partial charge on any atom is 0.0452 e. The second-order valence-electron chi connectivity index (χ2n) is 7.09. The van der Waals surface area contributed by atoms with Gasteiger partial charge in [0.2, 0.25) is 0 Å². The molecule has 20 heavy (non-hydrogen) atoms. The van der Waals surface area contributed by atoms with Crippen molar-refractivity contribution < 1.29 is 0 Å². The van der Waals surface area contributed by atoms with Gasteiger partial charge in [-0.1, -0.05) is 50.0 Å².